The van der Waals surface area contributed by atoms with Gasteiger partial charge in [0.05, 0.1) is 0 Å². The molecule has 0 spiro atoms. The van der Waals surface area contributed by atoms with Crippen LogP contribution in [0, 0.1) is 5.41 Å². The van der Waals surface area contributed by atoms with Gasteiger partial charge in [-0.3, -0.25) is 0 Å². The molecule has 1 nitrogen and oxygen atoms in total. The smallest absolute Gasteiger partial charge is 0.0147 e. The third kappa shape index (κ3) is 5.30. The molecule has 104 valence electrons. The zero-order valence-corrected chi connectivity index (χ0v) is 14.4. The van der Waals surface area contributed by atoms with E-state index in [0.29, 0.717) is 11.0 Å². The van der Waals surface area contributed by atoms with E-state index < -0.39 is 0 Å². The lowest BCUT2D eigenvalue weighted by atomic mass is 9.79. The monoisotopic (exact) mass is 305 g/mol. The van der Waals surface area contributed by atoms with Crippen molar-refractivity contribution in [2.24, 2.45) is 5.41 Å². The molecular weight excluding hydrogens is 274 g/mol. The first-order valence-electron chi connectivity index (χ1n) is 7.14. The van der Waals surface area contributed by atoms with Crippen molar-refractivity contribution in [3.05, 3.63) is 0 Å². The molecule has 0 unspecified atom stereocenters. The molecule has 0 aliphatic rings. The molecule has 0 aromatic heterocycles. The van der Waals surface area contributed by atoms with Crippen LogP contribution in [0.5, 0.6) is 0 Å². The summed E-state index contributed by atoms with van der Waals surface area (Å²) in [7, 11) is 2.28. The second-order valence-corrected chi connectivity index (χ2v) is 6.72. The summed E-state index contributed by atoms with van der Waals surface area (Å²) in [6.45, 7) is 12.8. The van der Waals surface area contributed by atoms with Crippen LogP contribution < -0.4 is 0 Å². The van der Waals surface area contributed by atoms with E-state index in [0.717, 1.165) is 5.33 Å². The van der Waals surface area contributed by atoms with Crippen LogP contribution in [0.4, 0.5) is 0 Å². The molecule has 0 radical (unpaired) electrons. The minimum Gasteiger partial charge on any atom is -0.301 e. The van der Waals surface area contributed by atoms with Crippen molar-refractivity contribution >= 4 is 15.9 Å². The Morgan fingerprint density at radius 3 is 1.76 bits per heavy atom. The highest BCUT2D eigenvalue weighted by Crippen LogP contribution is 2.35. The van der Waals surface area contributed by atoms with E-state index >= 15 is 0 Å². The minimum absolute atomic E-state index is 0.314. The third-order valence-electron chi connectivity index (χ3n) is 4.32. The summed E-state index contributed by atoms with van der Waals surface area (Å²) in [6.07, 6.45) is 6.44. The van der Waals surface area contributed by atoms with Gasteiger partial charge in [0.15, 0.2) is 0 Å². The lowest BCUT2D eigenvalue weighted by Crippen LogP contribution is -2.47. The summed E-state index contributed by atoms with van der Waals surface area (Å²) < 4.78 is 0. The first kappa shape index (κ1) is 17.4. The number of hydrogen-bond acceptors (Lipinski definition) is 1. The van der Waals surface area contributed by atoms with Crippen molar-refractivity contribution in [3.8, 4) is 0 Å². The molecule has 17 heavy (non-hydrogen) atoms. The molecule has 0 rings (SSSR count). The van der Waals surface area contributed by atoms with Crippen LogP contribution in [0.1, 0.15) is 66.7 Å². The van der Waals surface area contributed by atoms with Gasteiger partial charge in [-0.25, -0.2) is 0 Å². The SMILES string of the molecule is CCCC(CBr)(CCC)CN(C)C(C)(C)CC. The minimum atomic E-state index is 0.314. The van der Waals surface area contributed by atoms with E-state index in [1.165, 1.54) is 38.6 Å². The predicted octanol–water partition coefficient (Wildman–Crippen LogP) is 5.09. The van der Waals surface area contributed by atoms with Crippen molar-refractivity contribution in [2.45, 2.75) is 72.3 Å². The molecule has 0 aliphatic heterocycles. The lowest BCUT2D eigenvalue weighted by molar-refractivity contribution is 0.0823. The number of alkyl halides is 1. The number of halogens is 1. The third-order valence-corrected chi connectivity index (χ3v) is 5.50. The molecule has 0 aliphatic carbocycles. The van der Waals surface area contributed by atoms with Crippen LogP contribution in [0.25, 0.3) is 0 Å². The maximum Gasteiger partial charge on any atom is 0.0147 e. The Morgan fingerprint density at radius 1 is 1.00 bits per heavy atom. The van der Waals surface area contributed by atoms with Crippen molar-refractivity contribution in [1.82, 2.24) is 4.90 Å². The molecule has 0 aromatic carbocycles. The van der Waals surface area contributed by atoms with Gasteiger partial charge in [0.25, 0.3) is 0 Å². The quantitative estimate of drug-likeness (QED) is 0.536. The second kappa shape index (κ2) is 7.78. The van der Waals surface area contributed by atoms with Gasteiger partial charge in [-0.2, -0.15) is 0 Å². The topological polar surface area (TPSA) is 3.24 Å². The molecule has 0 bridgehead atoms. The van der Waals surface area contributed by atoms with Gasteiger partial charge in [0.1, 0.15) is 0 Å². The summed E-state index contributed by atoms with van der Waals surface area (Å²) >= 11 is 3.77. The molecule has 2 heteroatoms. The van der Waals surface area contributed by atoms with Crippen LogP contribution >= 0.6 is 15.9 Å². The van der Waals surface area contributed by atoms with Gasteiger partial charge in [-0.15, -0.1) is 0 Å². The molecule has 0 aromatic rings. The highest BCUT2D eigenvalue weighted by molar-refractivity contribution is 9.09. The Hall–Kier alpha value is 0.440. The van der Waals surface area contributed by atoms with E-state index in [1.54, 1.807) is 0 Å². The summed E-state index contributed by atoms with van der Waals surface area (Å²) in [4.78, 5) is 2.56. The van der Waals surface area contributed by atoms with E-state index in [9.17, 15) is 0 Å². The fourth-order valence-corrected chi connectivity index (χ4v) is 3.24. The average molecular weight is 306 g/mol. The van der Waals surface area contributed by atoms with Gasteiger partial charge in [0.2, 0.25) is 0 Å². The Balaban J connectivity index is 4.72. The molecule has 0 atom stereocenters. The number of rotatable bonds is 9. The van der Waals surface area contributed by atoms with Crippen molar-refractivity contribution in [3.63, 3.8) is 0 Å². The van der Waals surface area contributed by atoms with Crippen LogP contribution in [-0.4, -0.2) is 29.4 Å². The van der Waals surface area contributed by atoms with E-state index in [2.05, 4.69) is 62.5 Å². The van der Waals surface area contributed by atoms with E-state index in [1.807, 2.05) is 0 Å². The molecular formula is C15H32BrN. The van der Waals surface area contributed by atoms with Gasteiger partial charge >= 0.3 is 0 Å². The van der Waals surface area contributed by atoms with E-state index in [4.69, 9.17) is 0 Å². The van der Waals surface area contributed by atoms with Crippen LogP contribution in [0.2, 0.25) is 0 Å². The van der Waals surface area contributed by atoms with E-state index in [-0.39, 0.29) is 0 Å². The first-order valence-corrected chi connectivity index (χ1v) is 8.26. The van der Waals surface area contributed by atoms with Crippen molar-refractivity contribution in [1.29, 1.82) is 0 Å². The van der Waals surface area contributed by atoms with Gasteiger partial charge in [-0.1, -0.05) is 49.5 Å². The van der Waals surface area contributed by atoms with Crippen molar-refractivity contribution in [2.75, 3.05) is 18.9 Å². The summed E-state index contributed by atoms with van der Waals surface area (Å²) in [5.41, 5.74) is 0.777. The van der Waals surface area contributed by atoms with Gasteiger partial charge in [0, 0.05) is 17.4 Å². The molecule has 0 heterocycles. The Kier molecular flexibility index (Phi) is 7.98. The maximum atomic E-state index is 3.77. The standard InChI is InChI=1S/C15H32BrN/c1-7-10-15(12-16,11-8-2)13-17(6)14(4,5)9-3/h7-13H2,1-6H3. The highest BCUT2D eigenvalue weighted by Gasteiger charge is 2.32. The van der Waals surface area contributed by atoms with Crippen LogP contribution in [-0.2, 0) is 0 Å². The highest BCUT2D eigenvalue weighted by atomic mass is 79.9. The summed E-state index contributed by atoms with van der Waals surface area (Å²) in [5, 5.41) is 1.13. The van der Waals surface area contributed by atoms with Crippen LogP contribution in [0.3, 0.4) is 0 Å². The first-order chi connectivity index (χ1) is 7.87. The molecule has 0 saturated heterocycles. The maximum absolute atomic E-state index is 3.77. The zero-order valence-electron chi connectivity index (χ0n) is 12.8. The molecule has 0 N–H and O–H groups in total. The fraction of sp³-hybridized carbons (Fsp3) is 1.00. The predicted molar refractivity (Wildman–Crippen MR) is 83.0 cm³/mol. The largest absolute Gasteiger partial charge is 0.301 e. The Morgan fingerprint density at radius 2 is 1.47 bits per heavy atom. The van der Waals surface area contributed by atoms with Gasteiger partial charge in [-0.05, 0) is 45.6 Å². The van der Waals surface area contributed by atoms with Crippen LogP contribution in [0.15, 0.2) is 0 Å². The second-order valence-electron chi connectivity index (χ2n) is 6.16. The number of hydrogen-bond donors (Lipinski definition) is 0. The fourth-order valence-electron chi connectivity index (χ4n) is 2.51. The molecule has 0 fully saturated rings. The Labute approximate surface area is 117 Å². The normalized spacial score (nSPS) is 13.4. The molecule has 0 saturated carbocycles. The Bertz CT molecular complexity index is 195. The number of nitrogens with zero attached hydrogens (tertiary/aromatic N) is 1. The van der Waals surface area contributed by atoms with Crippen molar-refractivity contribution < 1.29 is 0 Å². The summed E-state index contributed by atoms with van der Waals surface area (Å²) in [6, 6.07) is 0. The van der Waals surface area contributed by atoms with Gasteiger partial charge < -0.3 is 4.90 Å². The summed E-state index contributed by atoms with van der Waals surface area (Å²) in [5.74, 6) is 0. The lowest BCUT2D eigenvalue weighted by Gasteiger charge is -2.43. The average Bonchev–Trinajstić information content (AvgIpc) is 2.29. The zero-order chi connectivity index (χ0) is 13.5. The molecule has 0 amide bonds.